The van der Waals surface area contributed by atoms with Crippen molar-refractivity contribution in [1.82, 2.24) is 10.2 Å². The topological polar surface area (TPSA) is 102 Å². The van der Waals surface area contributed by atoms with Gasteiger partial charge in [-0.3, -0.25) is 14.9 Å². The lowest BCUT2D eigenvalue weighted by Gasteiger charge is -2.39. The molecule has 2 amide bonds. The molecule has 1 aliphatic heterocycles. The monoisotopic (exact) mass is 411 g/mol. The van der Waals surface area contributed by atoms with Crippen LogP contribution >= 0.6 is 0 Å². The number of rotatable bonds is 6. The third-order valence-electron chi connectivity index (χ3n) is 5.18. The zero-order valence-electron chi connectivity index (χ0n) is 16.8. The number of carbonyl (C=O) groups is 2. The molecule has 0 bridgehead atoms. The molecular weight excluding hydrogens is 386 g/mol. The van der Waals surface area contributed by atoms with E-state index < -0.39 is 11.0 Å². The number of ether oxygens (including phenoxy) is 1. The maximum absolute atomic E-state index is 12.8. The van der Waals surface area contributed by atoms with Gasteiger partial charge in [-0.15, -0.1) is 0 Å². The van der Waals surface area contributed by atoms with E-state index in [-0.39, 0.29) is 30.3 Å². The molecular formula is C22H25N3O5. The van der Waals surface area contributed by atoms with Crippen molar-refractivity contribution in [1.29, 1.82) is 0 Å². The first-order valence-corrected chi connectivity index (χ1v) is 9.90. The lowest BCUT2D eigenvalue weighted by molar-refractivity contribution is -0.384. The maximum atomic E-state index is 12.8. The number of piperidine rings is 1. The second-order valence-electron chi connectivity index (χ2n) is 7.44. The Labute approximate surface area is 175 Å². The molecule has 2 unspecified atom stereocenters. The Morgan fingerprint density at radius 1 is 1.13 bits per heavy atom. The van der Waals surface area contributed by atoms with Gasteiger partial charge in [-0.1, -0.05) is 42.5 Å². The zero-order chi connectivity index (χ0) is 21.5. The van der Waals surface area contributed by atoms with Crippen molar-refractivity contribution in [2.75, 3.05) is 6.54 Å². The number of hydrogen-bond acceptors (Lipinski definition) is 5. The van der Waals surface area contributed by atoms with Crippen LogP contribution in [0, 0.1) is 10.1 Å². The molecule has 2 aromatic carbocycles. The highest BCUT2D eigenvalue weighted by Crippen LogP contribution is 2.24. The quantitative estimate of drug-likeness (QED) is 0.579. The van der Waals surface area contributed by atoms with Crippen LogP contribution in [-0.4, -0.2) is 40.5 Å². The van der Waals surface area contributed by atoms with Crippen LogP contribution in [0.15, 0.2) is 54.6 Å². The van der Waals surface area contributed by atoms with Gasteiger partial charge in [0.2, 0.25) is 5.91 Å². The van der Waals surface area contributed by atoms with Gasteiger partial charge in [0.1, 0.15) is 6.61 Å². The second kappa shape index (κ2) is 9.87. The first-order valence-electron chi connectivity index (χ1n) is 9.90. The summed E-state index contributed by atoms with van der Waals surface area (Å²) in [6.07, 6.45) is 1.37. The van der Waals surface area contributed by atoms with Gasteiger partial charge in [-0.2, -0.15) is 0 Å². The molecule has 1 fully saturated rings. The summed E-state index contributed by atoms with van der Waals surface area (Å²) < 4.78 is 5.51. The van der Waals surface area contributed by atoms with Crippen LogP contribution in [0.4, 0.5) is 10.5 Å². The fraction of sp³-hybridized carbons (Fsp3) is 0.364. The van der Waals surface area contributed by atoms with Gasteiger partial charge in [-0.05, 0) is 30.4 Å². The van der Waals surface area contributed by atoms with Crippen molar-refractivity contribution in [3.05, 3.63) is 75.8 Å². The average molecular weight is 411 g/mol. The molecule has 2 aromatic rings. The summed E-state index contributed by atoms with van der Waals surface area (Å²) in [5.41, 5.74) is 1.82. The van der Waals surface area contributed by atoms with Gasteiger partial charge in [-0.25, -0.2) is 4.79 Å². The molecule has 8 nitrogen and oxygen atoms in total. The Morgan fingerprint density at radius 3 is 2.47 bits per heavy atom. The molecule has 1 heterocycles. The van der Waals surface area contributed by atoms with E-state index >= 15 is 0 Å². The molecule has 158 valence electrons. The second-order valence-corrected chi connectivity index (χ2v) is 7.44. The van der Waals surface area contributed by atoms with Gasteiger partial charge in [0, 0.05) is 37.7 Å². The van der Waals surface area contributed by atoms with E-state index in [1.807, 2.05) is 30.3 Å². The number of nitrogens with zero attached hydrogens (tertiary/aromatic N) is 2. The summed E-state index contributed by atoms with van der Waals surface area (Å²) in [5, 5.41) is 13.8. The van der Waals surface area contributed by atoms with Crippen LogP contribution in [0.25, 0.3) is 0 Å². The molecule has 0 aromatic heterocycles. The SMILES string of the molecule is CC(=O)NC1CCN(C(=O)OCc2ccccc2)C(Cc2ccc([N+](=O)[O-])cc2)C1. The molecule has 0 spiro atoms. The average Bonchev–Trinajstić information content (AvgIpc) is 2.73. The lowest BCUT2D eigenvalue weighted by Crippen LogP contribution is -2.52. The van der Waals surface area contributed by atoms with E-state index in [1.165, 1.54) is 19.1 Å². The van der Waals surface area contributed by atoms with Gasteiger partial charge in [0.05, 0.1) is 4.92 Å². The number of likely N-dealkylation sites (tertiary alicyclic amines) is 1. The summed E-state index contributed by atoms with van der Waals surface area (Å²) in [7, 11) is 0. The Kier molecular flexibility index (Phi) is 7.00. The van der Waals surface area contributed by atoms with E-state index in [2.05, 4.69) is 5.32 Å². The summed E-state index contributed by atoms with van der Waals surface area (Å²) >= 11 is 0. The smallest absolute Gasteiger partial charge is 0.410 e. The van der Waals surface area contributed by atoms with Gasteiger partial charge in [0.15, 0.2) is 0 Å². The lowest BCUT2D eigenvalue weighted by atomic mass is 9.92. The highest BCUT2D eigenvalue weighted by Gasteiger charge is 2.33. The Balaban J connectivity index is 1.69. The van der Waals surface area contributed by atoms with Crippen LogP contribution in [-0.2, 0) is 22.6 Å². The van der Waals surface area contributed by atoms with Crippen molar-refractivity contribution < 1.29 is 19.2 Å². The van der Waals surface area contributed by atoms with Crippen LogP contribution < -0.4 is 5.32 Å². The summed E-state index contributed by atoms with van der Waals surface area (Å²) in [6, 6.07) is 15.6. The molecule has 2 atom stereocenters. The van der Waals surface area contributed by atoms with Gasteiger partial charge >= 0.3 is 6.09 Å². The fourth-order valence-corrected chi connectivity index (χ4v) is 3.73. The van der Waals surface area contributed by atoms with E-state index in [0.717, 1.165) is 11.1 Å². The van der Waals surface area contributed by atoms with Gasteiger partial charge in [0.25, 0.3) is 5.69 Å². The Bertz CT molecular complexity index is 885. The normalized spacial score (nSPS) is 18.5. The largest absolute Gasteiger partial charge is 0.445 e. The molecule has 0 aliphatic carbocycles. The summed E-state index contributed by atoms with van der Waals surface area (Å²) in [4.78, 5) is 36.4. The van der Waals surface area contributed by atoms with Crippen LogP contribution in [0.1, 0.15) is 30.9 Å². The molecule has 30 heavy (non-hydrogen) atoms. The van der Waals surface area contributed by atoms with Crippen molar-refractivity contribution in [3.8, 4) is 0 Å². The van der Waals surface area contributed by atoms with Crippen molar-refractivity contribution in [2.45, 2.75) is 44.9 Å². The Morgan fingerprint density at radius 2 is 1.83 bits per heavy atom. The molecule has 3 rings (SSSR count). The summed E-state index contributed by atoms with van der Waals surface area (Å²) in [6.45, 7) is 2.14. The summed E-state index contributed by atoms with van der Waals surface area (Å²) in [5.74, 6) is -0.103. The third kappa shape index (κ3) is 5.79. The minimum absolute atomic E-state index is 0.0243. The number of carbonyl (C=O) groups excluding carboxylic acids is 2. The minimum atomic E-state index is -0.440. The number of amides is 2. The molecule has 0 radical (unpaired) electrons. The number of hydrogen-bond donors (Lipinski definition) is 1. The van der Waals surface area contributed by atoms with Crippen molar-refractivity contribution in [3.63, 3.8) is 0 Å². The van der Waals surface area contributed by atoms with E-state index in [0.29, 0.717) is 25.8 Å². The number of nitro benzene ring substituents is 1. The molecule has 0 saturated carbocycles. The van der Waals surface area contributed by atoms with Crippen LogP contribution in [0.5, 0.6) is 0 Å². The predicted octanol–water partition coefficient (Wildman–Crippen LogP) is 3.44. The molecule has 1 aliphatic rings. The standard InChI is InChI=1S/C22H25N3O5/c1-16(26)23-19-11-12-24(22(27)30-15-18-5-3-2-4-6-18)21(14-19)13-17-7-9-20(10-8-17)25(28)29/h2-10,19,21H,11-15H2,1H3,(H,23,26). The highest BCUT2D eigenvalue weighted by atomic mass is 16.6. The van der Waals surface area contributed by atoms with Crippen molar-refractivity contribution >= 4 is 17.7 Å². The number of benzene rings is 2. The predicted molar refractivity (Wildman–Crippen MR) is 111 cm³/mol. The third-order valence-corrected chi connectivity index (χ3v) is 5.18. The number of nitro groups is 1. The first-order chi connectivity index (χ1) is 14.4. The highest BCUT2D eigenvalue weighted by molar-refractivity contribution is 5.73. The maximum Gasteiger partial charge on any atom is 0.410 e. The van der Waals surface area contributed by atoms with Crippen molar-refractivity contribution in [2.24, 2.45) is 0 Å². The van der Waals surface area contributed by atoms with Crippen LogP contribution in [0.2, 0.25) is 0 Å². The van der Waals surface area contributed by atoms with E-state index in [4.69, 9.17) is 4.74 Å². The van der Waals surface area contributed by atoms with E-state index in [1.54, 1.807) is 17.0 Å². The number of nitrogens with one attached hydrogen (secondary N) is 1. The number of non-ortho nitro benzene ring substituents is 1. The first kappa shape index (κ1) is 21.3. The molecule has 1 saturated heterocycles. The zero-order valence-corrected chi connectivity index (χ0v) is 16.8. The van der Waals surface area contributed by atoms with Gasteiger partial charge < -0.3 is 15.0 Å². The molecule has 8 heteroatoms. The Hall–Kier alpha value is -3.42. The van der Waals surface area contributed by atoms with Crippen LogP contribution in [0.3, 0.4) is 0 Å². The minimum Gasteiger partial charge on any atom is -0.445 e. The molecule has 1 N–H and O–H groups in total. The van der Waals surface area contributed by atoms with E-state index in [9.17, 15) is 19.7 Å². The fourth-order valence-electron chi connectivity index (χ4n) is 3.73.